The van der Waals surface area contributed by atoms with Gasteiger partial charge in [0, 0.05) is 12.0 Å². The van der Waals surface area contributed by atoms with Gasteiger partial charge in [0.25, 0.3) is 0 Å². The lowest BCUT2D eigenvalue weighted by Gasteiger charge is -2.19. The van der Waals surface area contributed by atoms with Crippen LogP contribution in [0.15, 0.2) is 16.8 Å². The molecule has 1 unspecified atom stereocenters. The van der Waals surface area contributed by atoms with Crippen molar-refractivity contribution in [3.63, 3.8) is 0 Å². The van der Waals surface area contributed by atoms with Crippen molar-refractivity contribution >= 4 is 17.2 Å². The summed E-state index contributed by atoms with van der Waals surface area (Å²) in [6.45, 7) is 5.81. The van der Waals surface area contributed by atoms with Crippen LogP contribution in [0.3, 0.4) is 0 Å². The summed E-state index contributed by atoms with van der Waals surface area (Å²) in [5, 5.41) is 16.2. The van der Waals surface area contributed by atoms with Crippen LogP contribution in [0, 0.1) is 5.41 Å². The van der Waals surface area contributed by atoms with Crippen LogP contribution in [0.25, 0.3) is 0 Å². The second-order valence-electron chi connectivity index (χ2n) is 4.53. The van der Waals surface area contributed by atoms with Gasteiger partial charge in [0.2, 0.25) is 5.91 Å². The predicted molar refractivity (Wildman–Crippen MR) is 61.7 cm³/mol. The lowest BCUT2D eigenvalue weighted by molar-refractivity contribution is -0.128. The highest BCUT2D eigenvalue weighted by molar-refractivity contribution is 7.07. The number of hydrogen-bond acceptors (Lipinski definition) is 3. The molecular formula is C11H17NO2S. The molecule has 0 bridgehead atoms. The van der Waals surface area contributed by atoms with E-state index in [1.165, 1.54) is 11.3 Å². The second kappa shape index (κ2) is 4.77. The molecule has 0 aliphatic heterocycles. The SMILES string of the molecule is CC(C)(C)C(=O)NCC(O)c1ccsc1. The van der Waals surface area contributed by atoms with Gasteiger partial charge < -0.3 is 10.4 Å². The molecule has 1 heterocycles. The molecule has 0 fully saturated rings. The molecule has 1 rings (SSSR count). The van der Waals surface area contributed by atoms with Crippen LogP contribution < -0.4 is 5.32 Å². The quantitative estimate of drug-likeness (QED) is 0.829. The molecule has 1 atom stereocenters. The van der Waals surface area contributed by atoms with E-state index in [1.54, 1.807) is 0 Å². The van der Waals surface area contributed by atoms with Crippen molar-refractivity contribution in [1.29, 1.82) is 0 Å². The average molecular weight is 227 g/mol. The first-order valence-corrected chi connectivity index (χ1v) is 5.84. The number of hydrogen-bond donors (Lipinski definition) is 2. The number of aliphatic hydroxyl groups is 1. The van der Waals surface area contributed by atoms with Crippen LogP contribution in [-0.4, -0.2) is 17.6 Å². The minimum absolute atomic E-state index is 0.0446. The third-order valence-corrected chi connectivity index (χ3v) is 2.77. The number of thiophene rings is 1. The fourth-order valence-electron chi connectivity index (χ4n) is 1.04. The summed E-state index contributed by atoms with van der Waals surface area (Å²) < 4.78 is 0. The third kappa shape index (κ3) is 3.64. The van der Waals surface area contributed by atoms with Gasteiger partial charge in [-0.2, -0.15) is 11.3 Å². The van der Waals surface area contributed by atoms with Crippen molar-refractivity contribution < 1.29 is 9.90 Å². The molecule has 15 heavy (non-hydrogen) atoms. The molecule has 1 aromatic heterocycles. The molecule has 0 radical (unpaired) electrons. The van der Waals surface area contributed by atoms with Crippen molar-refractivity contribution in [3.8, 4) is 0 Å². The smallest absolute Gasteiger partial charge is 0.225 e. The molecule has 0 aliphatic rings. The van der Waals surface area contributed by atoms with E-state index in [4.69, 9.17) is 0 Å². The van der Waals surface area contributed by atoms with Crippen LogP contribution in [0.2, 0.25) is 0 Å². The fourth-order valence-corrected chi connectivity index (χ4v) is 1.74. The molecule has 84 valence electrons. The van der Waals surface area contributed by atoms with Gasteiger partial charge in [0.1, 0.15) is 0 Å². The molecule has 0 saturated carbocycles. The Labute approximate surface area is 94.1 Å². The van der Waals surface area contributed by atoms with Gasteiger partial charge in [-0.3, -0.25) is 4.79 Å². The number of aliphatic hydroxyl groups excluding tert-OH is 1. The first-order valence-electron chi connectivity index (χ1n) is 4.89. The number of carbonyl (C=O) groups excluding carboxylic acids is 1. The van der Waals surface area contributed by atoms with Crippen molar-refractivity contribution in [2.24, 2.45) is 5.41 Å². The van der Waals surface area contributed by atoms with E-state index in [1.807, 2.05) is 37.6 Å². The van der Waals surface area contributed by atoms with Gasteiger partial charge in [0.15, 0.2) is 0 Å². The summed E-state index contributed by atoms with van der Waals surface area (Å²) >= 11 is 1.54. The first-order chi connectivity index (χ1) is 6.91. The summed E-state index contributed by atoms with van der Waals surface area (Å²) in [5.74, 6) is -0.0446. The minimum atomic E-state index is -0.609. The van der Waals surface area contributed by atoms with Crippen LogP contribution in [0.5, 0.6) is 0 Å². The molecule has 4 heteroatoms. The maximum Gasteiger partial charge on any atom is 0.225 e. The third-order valence-electron chi connectivity index (χ3n) is 2.07. The fraction of sp³-hybridized carbons (Fsp3) is 0.545. The van der Waals surface area contributed by atoms with Crippen molar-refractivity contribution in [2.45, 2.75) is 26.9 Å². The molecule has 0 spiro atoms. The van der Waals surface area contributed by atoms with Crippen LogP contribution in [0.4, 0.5) is 0 Å². The lowest BCUT2D eigenvalue weighted by Crippen LogP contribution is -2.37. The molecule has 1 amide bonds. The second-order valence-corrected chi connectivity index (χ2v) is 5.31. The van der Waals surface area contributed by atoms with Gasteiger partial charge in [-0.05, 0) is 22.4 Å². The highest BCUT2D eigenvalue weighted by atomic mass is 32.1. The molecule has 0 aromatic carbocycles. The maximum atomic E-state index is 11.5. The topological polar surface area (TPSA) is 49.3 Å². The first kappa shape index (κ1) is 12.2. The monoisotopic (exact) mass is 227 g/mol. The lowest BCUT2D eigenvalue weighted by atomic mass is 9.95. The van der Waals surface area contributed by atoms with Gasteiger partial charge in [-0.25, -0.2) is 0 Å². The Kier molecular flexibility index (Phi) is 3.88. The summed E-state index contributed by atoms with van der Waals surface area (Å²) in [4.78, 5) is 11.5. The van der Waals surface area contributed by atoms with E-state index >= 15 is 0 Å². The van der Waals surface area contributed by atoms with Crippen LogP contribution in [-0.2, 0) is 4.79 Å². The minimum Gasteiger partial charge on any atom is -0.387 e. The zero-order valence-electron chi connectivity index (χ0n) is 9.28. The van der Waals surface area contributed by atoms with E-state index in [-0.39, 0.29) is 12.5 Å². The molecule has 0 aliphatic carbocycles. The molecular weight excluding hydrogens is 210 g/mol. The van der Waals surface area contributed by atoms with Crippen LogP contribution in [0.1, 0.15) is 32.4 Å². The van der Waals surface area contributed by atoms with Gasteiger partial charge >= 0.3 is 0 Å². The Morgan fingerprint density at radius 2 is 2.27 bits per heavy atom. The largest absolute Gasteiger partial charge is 0.387 e. The van der Waals surface area contributed by atoms with Crippen molar-refractivity contribution in [2.75, 3.05) is 6.54 Å². The molecule has 0 saturated heterocycles. The van der Waals surface area contributed by atoms with E-state index in [0.717, 1.165) is 5.56 Å². The average Bonchev–Trinajstić information content (AvgIpc) is 2.64. The van der Waals surface area contributed by atoms with Crippen LogP contribution >= 0.6 is 11.3 Å². The van der Waals surface area contributed by atoms with E-state index in [0.29, 0.717) is 0 Å². The normalized spacial score (nSPS) is 13.6. The maximum absolute atomic E-state index is 11.5. The Bertz CT molecular complexity index is 314. The van der Waals surface area contributed by atoms with Gasteiger partial charge in [-0.15, -0.1) is 0 Å². The highest BCUT2D eigenvalue weighted by Crippen LogP contribution is 2.16. The number of nitrogens with one attached hydrogen (secondary N) is 1. The molecule has 2 N–H and O–H groups in total. The predicted octanol–water partition coefficient (Wildman–Crippen LogP) is 1.94. The molecule has 3 nitrogen and oxygen atoms in total. The zero-order valence-corrected chi connectivity index (χ0v) is 10.1. The Hall–Kier alpha value is -0.870. The Balaban J connectivity index is 2.42. The number of amides is 1. The van der Waals surface area contributed by atoms with Crippen molar-refractivity contribution in [3.05, 3.63) is 22.4 Å². The Morgan fingerprint density at radius 3 is 2.73 bits per heavy atom. The Morgan fingerprint density at radius 1 is 1.60 bits per heavy atom. The van der Waals surface area contributed by atoms with E-state index in [2.05, 4.69) is 5.32 Å². The highest BCUT2D eigenvalue weighted by Gasteiger charge is 2.21. The summed E-state index contributed by atoms with van der Waals surface area (Å²) in [6, 6.07) is 1.86. The zero-order chi connectivity index (χ0) is 11.5. The van der Waals surface area contributed by atoms with E-state index in [9.17, 15) is 9.90 Å². The summed E-state index contributed by atoms with van der Waals surface area (Å²) in [6.07, 6.45) is -0.609. The summed E-state index contributed by atoms with van der Waals surface area (Å²) in [5.41, 5.74) is 0.447. The molecule has 1 aromatic rings. The number of carbonyl (C=O) groups is 1. The van der Waals surface area contributed by atoms with E-state index < -0.39 is 11.5 Å². The van der Waals surface area contributed by atoms with Gasteiger partial charge in [0.05, 0.1) is 6.10 Å². The number of rotatable bonds is 3. The summed E-state index contributed by atoms with van der Waals surface area (Å²) in [7, 11) is 0. The van der Waals surface area contributed by atoms with Crippen molar-refractivity contribution in [1.82, 2.24) is 5.32 Å². The standard InChI is InChI=1S/C11H17NO2S/c1-11(2,3)10(14)12-6-9(13)8-4-5-15-7-8/h4-5,7,9,13H,6H2,1-3H3,(H,12,14). The van der Waals surface area contributed by atoms with Gasteiger partial charge in [-0.1, -0.05) is 20.8 Å².